The molecule has 0 atom stereocenters. The smallest absolute Gasteiger partial charge is 0.319 e. The van der Waals surface area contributed by atoms with Crippen LogP contribution in [0.25, 0.3) is 0 Å². The second-order valence-corrected chi connectivity index (χ2v) is 8.65. The topological polar surface area (TPSA) is 60.5 Å². The summed E-state index contributed by atoms with van der Waals surface area (Å²) in [6, 6.07) is 12.1. The van der Waals surface area contributed by atoms with Crippen LogP contribution in [0.2, 0.25) is 0 Å². The summed E-state index contributed by atoms with van der Waals surface area (Å²) in [4.78, 5) is 22.0. The molecule has 0 bridgehead atoms. The summed E-state index contributed by atoms with van der Waals surface area (Å²) in [6.45, 7) is 4.74. The molecule has 0 unspecified atom stereocenters. The molecule has 1 aromatic heterocycles. The lowest BCUT2D eigenvalue weighted by atomic mass is 10.2. The molecule has 31 heavy (non-hydrogen) atoms. The van der Waals surface area contributed by atoms with Crippen molar-refractivity contribution in [3.05, 3.63) is 48.2 Å². The van der Waals surface area contributed by atoms with Crippen LogP contribution in [-0.4, -0.2) is 37.2 Å². The van der Waals surface area contributed by atoms with Gasteiger partial charge in [0.25, 0.3) is 0 Å². The van der Waals surface area contributed by atoms with Crippen LogP contribution in [0, 0.1) is 0 Å². The van der Waals surface area contributed by atoms with Crippen LogP contribution < -0.4 is 20.4 Å². The van der Waals surface area contributed by atoms with Gasteiger partial charge in [-0.15, -0.1) is 0 Å². The van der Waals surface area contributed by atoms with E-state index < -0.39 is 0 Å². The Morgan fingerprint density at radius 3 is 2.10 bits per heavy atom. The zero-order valence-corrected chi connectivity index (χ0v) is 18.5. The Bertz CT molecular complexity index is 822. The summed E-state index contributed by atoms with van der Waals surface area (Å²) in [6.07, 6.45) is 12.0. The Morgan fingerprint density at radius 2 is 1.45 bits per heavy atom. The molecule has 6 heteroatoms. The van der Waals surface area contributed by atoms with Crippen LogP contribution in [0.5, 0.6) is 0 Å². The van der Waals surface area contributed by atoms with E-state index in [1.54, 1.807) is 0 Å². The number of nitrogens with zero attached hydrogens (tertiary/aromatic N) is 3. The maximum absolute atomic E-state index is 12.6. The number of hydrogen-bond donors (Lipinski definition) is 2. The third-order valence-electron chi connectivity index (χ3n) is 6.29. The first kappa shape index (κ1) is 21.5. The highest BCUT2D eigenvalue weighted by atomic mass is 16.2. The largest absolute Gasteiger partial charge is 0.370 e. The second-order valence-electron chi connectivity index (χ2n) is 8.65. The highest BCUT2D eigenvalue weighted by molar-refractivity contribution is 5.93. The molecule has 6 nitrogen and oxygen atoms in total. The van der Waals surface area contributed by atoms with Crippen molar-refractivity contribution >= 4 is 23.2 Å². The molecule has 2 aliphatic rings. The number of urea groups is 1. The van der Waals surface area contributed by atoms with Crippen molar-refractivity contribution in [2.75, 3.05) is 41.3 Å². The van der Waals surface area contributed by atoms with Crippen molar-refractivity contribution in [2.24, 2.45) is 0 Å². The summed E-state index contributed by atoms with van der Waals surface area (Å²) in [7, 11) is 0. The van der Waals surface area contributed by atoms with Crippen molar-refractivity contribution in [1.29, 1.82) is 0 Å². The number of aromatic nitrogens is 1. The molecule has 1 aromatic carbocycles. The molecule has 4 rings (SSSR count). The minimum atomic E-state index is -0.182. The van der Waals surface area contributed by atoms with Crippen LogP contribution in [-0.2, 0) is 6.54 Å². The number of pyridine rings is 1. The summed E-state index contributed by atoms with van der Waals surface area (Å²) >= 11 is 0. The zero-order valence-electron chi connectivity index (χ0n) is 18.5. The Hall–Kier alpha value is -2.76. The fraction of sp³-hybridized carbons (Fsp3) is 0.520. The lowest BCUT2D eigenvalue weighted by Crippen LogP contribution is -2.30. The number of amides is 2. The van der Waals surface area contributed by atoms with E-state index in [1.165, 1.54) is 51.4 Å². The molecule has 0 saturated carbocycles. The number of nitrogens with one attached hydrogen (secondary N) is 2. The summed E-state index contributed by atoms with van der Waals surface area (Å²) in [5, 5.41) is 6.02. The van der Waals surface area contributed by atoms with Crippen LogP contribution >= 0.6 is 0 Å². The van der Waals surface area contributed by atoms with Gasteiger partial charge in [-0.3, -0.25) is 0 Å². The molecular weight excluding hydrogens is 386 g/mol. The SMILES string of the molecule is O=C(NCc1ccc(N2CCCCCC2)nc1)Nc1ccccc1N1CCCCCC1. The lowest BCUT2D eigenvalue weighted by molar-refractivity contribution is 0.251. The van der Waals surface area contributed by atoms with E-state index >= 15 is 0 Å². The minimum absolute atomic E-state index is 0.182. The fourth-order valence-corrected chi connectivity index (χ4v) is 4.52. The number of hydrogen-bond acceptors (Lipinski definition) is 4. The average Bonchev–Trinajstić information content (AvgIpc) is 3.24. The van der Waals surface area contributed by atoms with Gasteiger partial charge < -0.3 is 20.4 Å². The van der Waals surface area contributed by atoms with E-state index in [2.05, 4.69) is 43.6 Å². The number of rotatable bonds is 5. The highest BCUT2D eigenvalue weighted by Gasteiger charge is 2.15. The first-order valence-corrected chi connectivity index (χ1v) is 11.9. The quantitative estimate of drug-likeness (QED) is 0.700. The minimum Gasteiger partial charge on any atom is -0.370 e. The van der Waals surface area contributed by atoms with Gasteiger partial charge in [0, 0.05) is 38.9 Å². The van der Waals surface area contributed by atoms with E-state index in [4.69, 9.17) is 0 Å². The van der Waals surface area contributed by atoms with Crippen LogP contribution in [0.1, 0.15) is 56.9 Å². The van der Waals surface area contributed by atoms with E-state index in [-0.39, 0.29) is 6.03 Å². The van der Waals surface area contributed by atoms with E-state index in [0.29, 0.717) is 6.54 Å². The molecule has 3 heterocycles. The molecule has 2 fully saturated rings. The fourth-order valence-electron chi connectivity index (χ4n) is 4.52. The van der Waals surface area contributed by atoms with Gasteiger partial charge in [0.2, 0.25) is 0 Å². The maximum atomic E-state index is 12.6. The van der Waals surface area contributed by atoms with E-state index in [1.807, 2.05) is 24.4 Å². The molecule has 0 aliphatic carbocycles. The number of anilines is 3. The predicted octanol–water partition coefficient (Wildman–Crippen LogP) is 5.16. The average molecular weight is 422 g/mol. The predicted molar refractivity (Wildman–Crippen MR) is 128 cm³/mol. The Morgan fingerprint density at radius 1 is 0.806 bits per heavy atom. The molecule has 0 spiro atoms. The molecule has 2 saturated heterocycles. The van der Waals surface area contributed by atoms with Gasteiger partial charge in [0.1, 0.15) is 5.82 Å². The van der Waals surface area contributed by atoms with Gasteiger partial charge in [-0.1, -0.05) is 43.9 Å². The van der Waals surface area contributed by atoms with Crippen molar-refractivity contribution in [3.8, 4) is 0 Å². The highest BCUT2D eigenvalue weighted by Crippen LogP contribution is 2.28. The van der Waals surface area contributed by atoms with Gasteiger partial charge in [-0.2, -0.15) is 0 Å². The third-order valence-corrected chi connectivity index (χ3v) is 6.29. The summed E-state index contributed by atoms with van der Waals surface area (Å²) < 4.78 is 0. The number of para-hydroxylation sites is 2. The van der Waals surface area contributed by atoms with Crippen molar-refractivity contribution in [2.45, 2.75) is 57.9 Å². The Balaban J connectivity index is 1.31. The summed E-state index contributed by atoms with van der Waals surface area (Å²) in [5.41, 5.74) is 2.99. The standard InChI is InChI=1S/C25H35N5O/c31-25(28-22-11-5-6-12-23(22)29-15-7-1-2-8-16-29)27-20-21-13-14-24(26-19-21)30-17-9-3-4-10-18-30/h5-6,11-14,19H,1-4,7-10,15-18,20H2,(H2,27,28,31). The number of carbonyl (C=O) groups is 1. The van der Waals surface area contributed by atoms with Crippen molar-refractivity contribution in [1.82, 2.24) is 10.3 Å². The molecule has 166 valence electrons. The van der Waals surface area contributed by atoms with Gasteiger partial charge in [-0.25, -0.2) is 9.78 Å². The molecule has 0 radical (unpaired) electrons. The zero-order chi connectivity index (χ0) is 21.3. The first-order chi connectivity index (χ1) is 15.3. The van der Waals surface area contributed by atoms with E-state index in [9.17, 15) is 4.79 Å². The monoisotopic (exact) mass is 421 g/mol. The number of carbonyl (C=O) groups excluding carboxylic acids is 1. The van der Waals surface area contributed by atoms with Crippen LogP contribution in [0.4, 0.5) is 22.0 Å². The normalized spacial score (nSPS) is 17.5. The third kappa shape index (κ3) is 6.12. The summed E-state index contributed by atoms with van der Waals surface area (Å²) in [5.74, 6) is 1.04. The lowest BCUT2D eigenvalue weighted by Gasteiger charge is -2.25. The first-order valence-electron chi connectivity index (χ1n) is 11.9. The second kappa shape index (κ2) is 11.0. The number of benzene rings is 1. The molecule has 2 N–H and O–H groups in total. The molecule has 2 amide bonds. The van der Waals surface area contributed by atoms with Crippen molar-refractivity contribution < 1.29 is 4.79 Å². The molecule has 2 aliphatic heterocycles. The molecule has 2 aromatic rings. The Kier molecular flexibility index (Phi) is 7.64. The van der Waals surface area contributed by atoms with E-state index in [0.717, 1.165) is 48.9 Å². The Labute approximate surface area is 186 Å². The van der Waals surface area contributed by atoms with Gasteiger partial charge >= 0.3 is 6.03 Å². The van der Waals surface area contributed by atoms with Gasteiger partial charge in [-0.05, 0) is 49.4 Å². The molecular formula is C25H35N5O. The van der Waals surface area contributed by atoms with Gasteiger partial charge in [0.05, 0.1) is 11.4 Å². The van der Waals surface area contributed by atoms with Crippen LogP contribution in [0.15, 0.2) is 42.6 Å². The maximum Gasteiger partial charge on any atom is 0.319 e. The van der Waals surface area contributed by atoms with Crippen LogP contribution in [0.3, 0.4) is 0 Å². The van der Waals surface area contributed by atoms with Crippen molar-refractivity contribution in [3.63, 3.8) is 0 Å². The van der Waals surface area contributed by atoms with Gasteiger partial charge in [0.15, 0.2) is 0 Å².